The number of aryl methyl sites for hydroxylation is 1. The number of carbonyl (C=O) groups excluding carboxylic acids is 3. The molecule has 0 aliphatic carbocycles. The number of pyridine rings is 2. The highest BCUT2D eigenvalue weighted by Gasteiger charge is 2.45. The van der Waals surface area contributed by atoms with Crippen LogP contribution in [0.15, 0.2) is 53.3 Å². The van der Waals surface area contributed by atoms with Gasteiger partial charge >= 0.3 is 19.2 Å². The highest BCUT2D eigenvalue weighted by atomic mass is 16.6. The first kappa shape index (κ1) is 33.5. The minimum absolute atomic E-state index is 0.0633. The molecule has 0 spiro atoms. The van der Waals surface area contributed by atoms with Gasteiger partial charge < -0.3 is 39.4 Å². The predicted octanol–water partition coefficient (Wildman–Crippen LogP) is 1.96. The quantitative estimate of drug-likeness (QED) is 0.147. The largest absolute Gasteiger partial charge is 0.488 e. The fourth-order valence-corrected chi connectivity index (χ4v) is 7.24. The molecule has 7 rings (SSSR count). The topological polar surface area (TPSA) is 181 Å². The summed E-state index contributed by atoms with van der Waals surface area (Å²) in [4.78, 5) is 58.4. The Hall–Kier alpha value is -5.05. The summed E-state index contributed by atoms with van der Waals surface area (Å²) in [6.45, 7) is 5.18. The van der Waals surface area contributed by atoms with Crippen molar-refractivity contribution in [1.82, 2.24) is 19.8 Å². The number of nitrogens with zero attached hydrogens (tertiary/aromatic N) is 3. The molecule has 0 unspecified atom stereocenters. The predicted molar refractivity (Wildman–Crippen MR) is 183 cm³/mol. The van der Waals surface area contributed by atoms with E-state index in [1.807, 2.05) is 6.92 Å². The Morgan fingerprint density at radius 3 is 2.48 bits per heavy atom. The van der Waals surface area contributed by atoms with Gasteiger partial charge in [0, 0.05) is 41.7 Å². The third kappa shape index (κ3) is 5.72. The molecule has 2 aromatic heterocycles. The summed E-state index contributed by atoms with van der Waals surface area (Å²) in [7, 11) is -1.59. The van der Waals surface area contributed by atoms with Gasteiger partial charge in [0.15, 0.2) is 5.60 Å². The van der Waals surface area contributed by atoms with E-state index in [-0.39, 0.29) is 48.1 Å². The maximum Gasteiger partial charge on any atom is 0.488 e. The van der Waals surface area contributed by atoms with Gasteiger partial charge in [-0.05, 0) is 79.0 Å². The molecule has 5 heterocycles. The first-order valence-corrected chi connectivity index (χ1v) is 16.9. The molecule has 0 radical (unpaired) electrons. The summed E-state index contributed by atoms with van der Waals surface area (Å²) in [6, 6.07) is 13.0. The van der Waals surface area contributed by atoms with Crippen LogP contribution in [-0.4, -0.2) is 74.3 Å². The second-order valence-corrected chi connectivity index (χ2v) is 13.1. The van der Waals surface area contributed by atoms with Crippen LogP contribution in [0.3, 0.4) is 0 Å². The van der Waals surface area contributed by atoms with E-state index in [0.29, 0.717) is 72.6 Å². The van der Waals surface area contributed by atoms with E-state index in [1.54, 1.807) is 52.8 Å². The van der Waals surface area contributed by atoms with Gasteiger partial charge in [-0.1, -0.05) is 26.0 Å². The van der Waals surface area contributed by atoms with Crippen LogP contribution in [0.4, 0.5) is 4.79 Å². The van der Waals surface area contributed by atoms with Crippen molar-refractivity contribution in [3.63, 3.8) is 0 Å². The number of esters is 1. The van der Waals surface area contributed by atoms with E-state index in [4.69, 9.17) is 14.5 Å². The zero-order valence-electron chi connectivity index (χ0n) is 27.8. The molecule has 3 aliphatic rings. The minimum atomic E-state index is -1.90. The summed E-state index contributed by atoms with van der Waals surface area (Å²) in [5, 5.41) is 33.4. The number of nitrogens with one attached hydrogen (secondary N) is 1. The number of benzene rings is 2. The number of aliphatic hydroxyl groups is 1. The van der Waals surface area contributed by atoms with Crippen LogP contribution in [-0.2, 0) is 34.7 Å². The Labute approximate surface area is 287 Å². The van der Waals surface area contributed by atoms with E-state index >= 15 is 0 Å². The Bertz CT molecular complexity index is 2090. The monoisotopic (exact) mass is 680 g/mol. The first-order chi connectivity index (χ1) is 24.0. The maximum absolute atomic E-state index is 13.6. The van der Waals surface area contributed by atoms with Crippen molar-refractivity contribution < 1.29 is 39.0 Å². The molecule has 2 amide bonds. The van der Waals surface area contributed by atoms with Crippen molar-refractivity contribution in [3.8, 4) is 17.1 Å². The Morgan fingerprint density at radius 2 is 1.80 bits per heavy atom. The van der Waals surface area contributed by atoms with Crippen molar-refractivity contribution in [3.05, 3.63) is 86.7 Å². The average Bonchev–Trinajstić information content (AvgIpc) is 3.50. The Morgan fingerprint density at radius 1 is 1.06 bits per heavy atom. The number of fused-ring (bicyclic) bond motifs is 5. The normalized spacial score (nSPS) is 18.3. The van der Waals surface area contributed by atoms with Gasteiger partial charge in [0.05, 0.1) is 29.0 Å². The first-order valence-electron chi connectivity index (χ1n) is 16.9. The van der Waals surface area contributed by atoms with Crippen molar-refractivity contribution in [1.29, 1.82) is 0 Å². The van der Waals surface area contributed by atoms with Crippen LogP contribution in [0.2, 0.25) is 0 Å². The van der Waals surface area contributed by atoms with E-state index in [9.17, 15) is 34.3 Å². The number of rotatable bonds is 7. The van der Waals surface area contributed by atoms with Gasteiger partial charge in [-0.2, -0.15) is 0 Å². The Kier molecular flexibility index (Phi) is 8.70. The lowest BCUT2D eigenvalue weighted by atomic mass is 9.80. The lowest BCUT2D eigenvalue weighted by molar-refractivity contribution is -0.172. The molecule has 0 saturated carbocycles. The number of carbonyl (C=O) groups is 3. The number of hydrogen-bond acceptors (Lipinski definition) is 10. The van der Waals surface area contributed by atoms with E-state index in [1.165, 1.54) is 12.1 Å². The second kappa shape index (κ2) is 13.0. The van der Waals surface area contributed by atoms with Crippen molar-refractivity contribution in [2.45, 2.75) is 58.3 Å². The lowest BCUT2D eigenvalue weighted by Crippen LogP contribution is -2.44. The summed E-state index contributed by atoms with van der Waals surface area (Å²) in [6.07, 6.45) is 1.61. The van der Waals surface area contributed by atoms with Crippen LogP contribution < -0.4 is 21.1 Å². The van der Waals surface area contributed by atoms with Crippen molar-refractivity contribution >= 4 is 41.5 Å². The minimum Gasteiger partial charge on any atom is -0.458 e. The fourth-order valence-electron chi connectivity index (χ4n) is 7.24. The molecule has 50 heavy (non-hydrogen) atoms. The molecular weight excluding hydrogens is 643 g/mol. The lowest BCUT2D eigenvalue weighted by Gasteiger charge is -2.31. The summed E-state index contributed by atoms with van der Waals surface area (Å²) >= 11 is 0. The molecule has 0 bridgehead atoms. The number of aromatic nitrogens is 2. The molecule has 4 N–H and O–H groups in total. The van der Waals surface area contributed by atoms with Crippen molar-refractivity contribution in [2.24, 2.45) is 5.92 Å². The van der Waals surface area contributed by atoms with Crippen LogP contribution in [0, 0.1) is 5.92 Å². The second-order valence-electron chi connectivity index (χ2n) is 13.1. The standard InChI is InChI=1S/C36H37BN4O9/c1-3-24-25-15-23(50-35(45)40-13-11-20(12-14-40)17-38-32(42)21-5-7-22(8-6-21)37(47)48)9-10-29(25)39-31-26(24)18-41-30(31)16-28-27(33(41)43)19-49-34(44)36(28,46)4-2/h5-10,15-16,20,46-48H,3-4,11-14,17-19H2,1-2H3,(H,38,42)/t36-/m0/s1. The number of amides is 2. The molecule has 1 fully saturated rings. The number of piperidine rings is 1. The third-order valence-corrected chi connectivity index (χ3v) is 10.2. The molecule has 3 aliphatic heterocycles. The zero-order chi connectivity index (χ0) is 35.3. The summed E-state index contributed by atoms with van der Waals surface area (Å²) in [5.74, 6) is -0.455. The molecule has 258 valence electrons. The highest BCUT2D eigenvalue weighted by molar-refractivity contribution is 6.58. The van der Waals surface area contributed by atoms with Crippen LogP contribution in [0.25, 0.3) is 22.3 Å². The number of likely N-dealkylation sites (tertiary alicyclic amines) is 1. The Balaban J connectivity index is 1.03. The molecule has 4 aromatic rings. The van der Waals surface area contributed by atoms with Gasteiger partial charge in [-0.15, -0.1) is 0 Å². The van der Waals surface area contributed by atoms with Crippen molar-refractivity contribution in [2.75, 3.05) is 19.6 Å². The molecule has 14 heteroatoms. The van der Waals surface area contributed by atoms with E-state index < -0.39 is 24.8 Å². The van der Waals surface area contributed by atoms with E-state index in [0.717, 1.165) is 16.5 Å². The maximum atomic E-state index is 13.6. The average molecular weight is 681 g/mol. The number of ether oxygens (including phenoxy) is 2. The number of hydrogen-bond donors (Lipinski definition) is 4. The van der Waals surface area contributed by atoms with Gasteiger partial charge in [-0.25, -0.2) is 14.6 Å². The van der Waals surface area contributed by atoms with Gasteiger partial charge in [-0.3, -0.25) is 9.59 Å². The fraction of sp³-hybridized carbons (Fsp3) is 0.361. The highest BCUT2D eigenvalue weighted by Crippen LogP contribution is 2.40. The molecular formula is C36H37BN4O9. The molecule has 1 saturated heterocycles. The van der Waals surface area contributed by atoms with Gasteiger partial charge in [0.2, 0.25) is 0 Å². The molecule has 2 aromatic carbocycles. The zero-order valence-corrected chi connectivity index (χ0v) is 27.8. The van der Waals surface area contributed by atoms with Gasteiger partial charge in [0.1, 0.15) is 12.4 Å². The molecule has 1 atom stereocenters. The summed E-state index contributed by atoms with van der Waals surface area (Å²) in [5.41, 5.74) is 2.69. The van der Waals surface area contributed by atoms with Crippen LogP contribution in [0.1, 0.15) is 65.7 Å². The third-order valence-electron chi connectivity index (χ3n) is 10.2. The van der Waals surface area contributed by atoms with Gasteiger partial charge in [0.25, 0.3) is 11.5 Å². The van der Waals surface area contributed by atoms with E-state index in [2.05, 4.69) is 5.32 Å². The number of cyclic esters (lactones) is 1. The smallest absolute Gasteiger partial charge is 0.458 e. The molecule has 13 nitrogen and oxygen atoms in total. The SMILES string of the molecule is CCc1c2c(nc3ccc(OC(=O)N4CCC(CNC(=O)c5ccc(B(O)O)cc5)CC4)cc13)-c1cc3c(c(=O)n1C2)COC(=O)[C@]3(O)CC. The van der Waals surface area contributed by atoms with Crippen LogP contribution in [0.5, 0.6) is 5.75 Å². The summed E-state index contributed by atoms with van der Waals surface area (Å²) < 4.78 is 12.6. The van der Waals surface area contributed by atoms with Crippen LogP contribution >= 0.6 is 0 Å².